The maximum Gasteiger partial charge on any atom is 0.0675 e. The molecule has 0 spiro atoms. The Morgan fingerprint density at radius 1 is 1.71 bits per heavy atom. The summed E-state index contributed by atoms with van der Waals surface area (Å²) >= 11 is 0. The summed E-state index contributed by atoms with van der Waals surface area (Å²) in [6.45, 7) is 1.76. The lowest BCUT2D eigenvalue weighted by Crippen LogP contribution is -1.87. The van der Waals surface area contributed by atoms with Crippen LogP contribution in [0.5, 0.6) is 0 Å². The van der Waals surface area contributed by atoms with E-state index in [4.69, 9.17) is 5.73 Å². The van der Waals surface area contributed by atoms with Crippen molar-refractivity contribution in [1.29, 1.82) is 0 Å². The maximum atomic E-state index is 5.19. The Morgan fingerprint density at radius 2 is 2.29 bits per heavy atom. The van der Waals surface area contributed by atoms with E-state index >= 15 is 0 Å². The van der Waals surface area contributed by atoms with Crippen molar-refractivity contribution in [2.75, 3.05) is 7.05 Å². The van der Waals surface area contributed by atoms with Gasteiger partial charge in [-0.1, -0.05) is 0 Å². The van der Waals surface area contributed by atoms with Gasteiger partial charge in [-0.2, -0.15) is 10.2 Å². The Balaban J connectivity index is 3.46. The molecule has 0 aromatic carbocycles. The highest BCUT2D eigenvalue weighted by atomic mass is 15.1. The molecule has 3 nitrogen and oxygen atoms in total. The van der Waals surface area contributed by atoms with Gasteiger partial charge in [0.25, 0.3) is 0 Å². The van der Waals surface area contributed by atoms with Gasteiger partial charge >= 0.3 is 0 Å². The lowest BCUT2D eigenvalue weighted by molar-refractivity contribution is 1.13. The molecule has 0 bridgehead atoms. The Morgan fingerprint density at radius 3 is 2.43 bits per heavy atom. The highest BCUT2D eigenvalue weighted by molar-refractivity contribution is 4.87. The summed E-state index contributed by atoms with van der Waals surface area (Å²) in [6.07, 6.45) is 1.50. The van der Waals surface area contributed by atoms with Crippen LogP contribution in [0, 0.1) is 0 Å². The third kappa shape index (κ3) is 5.14. The third-order valence-corrected chi connectivity index (χ3v) is 0.377. The van der Waals surface area contributed by atoms with Crippen molar-refractivity contribution < 1.29 is 0 Å². The Bertz CT molecular complexity index is 89.1. The monoisotopic (exact) mass is 99.1 g/mol. The van der Waals surface area contributed by atoms with Crippen molar-refractivity contribution in [1.82, 2.24) is 0 Å². The fraction of sp³-hybridized carbons (Fsp3) is 0.500. The molecule has 0 saturated heterocycles. The summed E-state index contributed by atoms with van der Waals surface area (Å²) < 4.78 is 0. The van der Waals surface area contributed by atoms with E-state index in [0.29, 0.717) is 5.70 Å². The molecule has 0 saturated carbocycles. The predicted octanol–water partition coefficient (Wildman–Crippen LogP) is 0.888. The Kier molecular flexibility index (Phi) is 2.92. The first-order valence-corrected chi connectivity index (χ1v) is 1.98. The number of azo groups is 1. The van der Waals surface area contributed by atoms with Crippen LogP contribution in [0.4, 0.5) is 0 Å². The van der Waals surface area contributed by atoms with Gasteiger partial charge in [0.15, 0.2) is 0 Å². The average Bonchev–Trinajstić information content (AvgIpc) is 1.61. The molecule has 0 aromatic rings. The van der Waals surface area contributed by atoms with Crippen LogP contribution in [-0.4, -0.2) is 7.05 Å². The van der Waals surface area contributed by atoms with E-state index in [0.717, 1.165) is 0 Å². The summed E-state index contributed by atoms with van der Waals surface area (Å²) in [7, 11) is 1.60. The molecule has 0 aliphatic carbocycles. The summed E-state index contributed by atoms with van der Waals surface area (Å²) in [5.41, 5.74) is 5.86. The van der Waals surface area contributed by atoms with Gasteiger partial charge in [0, 0.05) is 12.7 Å². The standard InChI is InChI=1S/C4H9N3/c1-4(5)3-7-6-2/h3H,5H2,1-2H3/b4-3-,7-6-. The van der Waals surface area contributed by atoms with Crippen LogP contribution >= 0.6 is 0 Å². The molecule has 0 unspecified atom stereocenters. The van der Waals surface area contributed by atoms with Crippen molar-refractivity contribution in [2.45, 2.75) is 6.92 Å². The summed E-state index contributed by atoms with van der Waals surface area (Å²) in [5, 5.41) is 6.95. The number of rotatable bonds is 1. The highest BCUT2D eigenvalue weighted by Crippen LogP contribution is 1.79. The van der Waals surface area contributed by atoms with Gasteiger partial charge in [-0.3, -0.25) is 0 Å². The van der Waals surface area contributed by atoms with E-state index in [9.17, 15) is 0 Å². The van der Waals surface area contributed by atoms with Crippen LogP contribution in [0.3, 0.4) is 0 Å². The second-order valence-electron chi connectivity index (χ2n) is 1.19. The fourth-order valence-corrected chi connectivity index (χ4v) is 0.149. The Hall–Kier alpha value is -0.860. The molecule has 2 N–H and O–H groups in total. The second kappa shape index (κ2) is 3.33. The quantitative estimate of drug-likeness (QED) is 0.487. The molecule has 7 heavy (non-hydrogen) atoms. The van der Waals surface area contributed by atoms with Gasteiger partial charge in [0.05, 0.1) is 6.20 Å². The van der Waals surface area contributed by atoms with Crippen molar-refractivity contribution in [3.05, 3.63) is 11.9 Å². The Labute approximate surface area is 42.9 Å². The van der Waals surface area contributed by atoms with E-state index in [1.807, 2.05) is 0 Å². The largest absolute Gasteiger partial charge is 0.401 e. The fourth-order valence-electron chi connectivity index (χ4n) is 0.149. The van der Waals surface area contributed by atoms with Crippen molar-refractivity contribution in [3.8, 4) is 0 Å². The maximum absolute atomic E-state index is 5.19. The topological polar surface area (TPSA) is 50.7 Å². The van der Waals surface area contributed by atoms with E-state index in [2.05, 4.69) is 10.2 Å². The minimum atomic E-state index is 0.672. The van der Waals surface area contributed by atoms with E-state index in [1.54, 1.807) is 14.0 Å². The minimum Gasteiger partial charge on any atom is -0.401 e. The van der Waals surface area contributed by atoms with Gasteiger partial charge in [0.1, 0.15) is 0 Å². The molecule has 0 amide bonds. The first-order valence-electron chi connectivity index (χ1n) is 1.98. The lowest BCUT2D eigenvalue weighted by atomic mass is 10.6. The van der Waals surface area contributed by atoms with Crippen LogP contribution in [0.2, 0.25) is 0 Å². The molecule has 40 valence electrons. The normalized spacial score (nSPS) is 13.1. The molecule has 0 aliphatic heterocycles. The zero-order valence-electron chi connectivity index (χ0n) is 4.55. The van der Waals surface area contributed by atoms with Gasteiger partial charge < -0.3 is 5.73 Å². The number of allylic oxidation sites excluding steroid dienone is 1. The minimum absolute atomic E-state index is 0.672. The first-order chi connectivity index (χ1) is 3.27. The number of nitrogens with zero attached hydrogens (tertiary/aromatic N) is 2. The zero-order chi connectivity index (χ0) is 5.70. The van der Waals surface area contributed by atoms with Gasteiger partial charge in [0.2, 0.25) is 0 Å². The molecule has 3 heteroatoms. The van der Waals surface area contributed by atoms with Crippen molar-refractivity contribution >= 4 is 0 Å². The molecule has 0 aromatic heterocycles. The SMILES string of the molecule is C/N=N\C=C(\C)N. The molecule has 0 radical (unpaired) electrons. The first kappa shape index (κ1) is 6.14. The molecular weight excluding hydrogens is 90.1 g/mol. The second-order valence-corrected chi connectivity index (χ2v) is 1.19. The van der Waals surface area contributed by atoms with Crippen LogP contribution in [0.25, 0.3) is 0 Å². The predicted molar refractivity (Wildman–Crippen MR) is 28.7 cm³/mol. The zero-order valence-corrected chi connectivity index (χ0v) is 4.55. The van der Waals surface area contributed by atoms with Gasteiger partial charge in [-0.05, 0) is 6.92 Å². The molecule has 0 rings (SSSR count). The van der Waals surface area contributed by atoms with E-state index in [1.165, 1.54) is 6.20 Å². The summed E-state index contributed by atoms with van der Waals surface area (Å²) in [4.78, 5) is 0. The van der Waals surface area contributed by atoms with Crippen LogP contribution in [0.15, 0.2) is 22.1 Å². The third-order valence-electron chi connectivity index (χ3n) is 0.377. The van der Waals surface area contributed by atoms with Gasteiger partial charge in [-0.25, -0.2) is 0 Å². The van der Waals surface area contributed by atoms with Crippen molar-refractivity contribution in [3.63, 3.8) is 0 Å². The molecule has 0 aliphatic rings. The average molecular weight is 99.1 g/mol. The molecular formula is C4H9N3. The molecule has 0 atom stereocenters. The van der Waals surface area contributed by atoms with Crippen molar-refractivity contribution in [2.24, 2.45) is 16.0 Å². The van der Waals surface area contributed by atoms with Crippen LogP contribution in [-0.2, 0) is 0 Å². The summed E-state index contributed by atoms with van der Waals surface area (Å²) in [6, 6.07) is 0. The number of nitrogens with two attached hydrogens (primary N) is 1. The number of hydrogen-bond donors (Lipinski definition) is 1. The van der Waals surface area contributed by atoms with Gasteiger partial charge in [-0.15, -0.1) is 0 Å². The highest BCUT2D eigenvalue weighted by Gasteiger charge is 1.67. The summed E-state index contributed by atoms with van der Waals surface area (Å²) in [5.74, 6) is 0. The smallest absolute Gasteiger partial charge is 0.0675 e. The van der Waals surface area contributed by atoms with E-state index < -0.39 is 0 Å². The lowest BCUT2D eigenvalue weighted by Gasteiger charge is -1.78. The molecule has 0 heterocycles. The van der Waals surface area contributed by atoms with Crippen LogP contribution in [0.1, 0.15) is 6.92 Å². The number of hydrogen-bond acceptors (Lipinski definition) is 3. The van der Waals surface area contributed by atoms with Crippen LogP contribution < -0.4 is 5.73 Å². The van der Waals surface area contributed by atoms with E-state index in [-0.39, 0.29) is 0 Å². The molecule has 0 fully saturated rings.